The highest BCUT2D eigenvalue weighted by atomic mass is 32.2. The van der Waals surface area contributed by atoms with Gasteiger partial charge in [-0.2, -0.15) is 0 Å². The molecule has 2 amide bonds. The van der Waals surface area contributed by atoms with E-state index in [-0.39, 0.29) is 24.2 Å². The summed E-state index contributed by atoms with van der Waals surface area (Å²) in [6.45, 7) is 4.77. The molecule has 1 fully saturated rings. The number of nitrogens with one attached hydrogen (secondary N) is 1. The normalized spacial score (nSPS) is 17.1. The van der Waals surface area contributed by atoms with Gasteiger partial charge in [0.25, 0.3) is 0 Å². The Hall–Kier alpha value is -1.93. The van der Waals surface area contributed by atoms with Crippen LogP contribution in [0.5, 0.6) is 0 Å². The monoisotopic (exact) mass is 390 g/mol. The fourth-order valence-electron chi connectivity index (χ4n) is 2.65. The Balaban J connectivity index is 1.54. The lowest BCUT2D eigenvalue weighted by Crippen LogP contribution is -2.28. The minimum Gasteiger partial charge on any atom is -0.312 e. The molecule has 0 bridgehead atoms. The fraction of sp³-hybridized carbons (Fsp3) is 0.444. The first-order valence-electron chi connectivity index (χ1n) is 8.65. The van der Waals surface area contributed by atoms with E-state index in [2.05, 4.69) is 29.4 Å². The third-order valence-electron chi connectivity index (χ3n) is 4.12. The van der Waals surface area contributed by atoms with Crippen molar-refractivity contribution in [1.82, 2.24) is 10.2 Å². The predicted molar refractivity (Wildman–Crippen MR) is 106 cm³/mol. The zero-order valence-electron chi connectivity index (χ0n) is 14.8. The van der Waals surface area contributed by atoms with Gasteiger partial charge in [-0.1, -0.05) is 55.1 Å². The maximum absolute atomic E-state index is 12.5. The molecule has 1 aromatic heterocycles. The van der Waals surface area contributed by atoms with Gasteiger partial charge in [0.15, 0.2) is 4.34 Å². The lowest BCUT2D eigenvalue weighted by Gasteiger charge is -2.16. The predicted octanol–water partition coefficient (Wildman–Crippen LogP) is 3.67. The Morgan fingerprint density at radius 1 is 1.35 bits per heavy atom. The second-order valence-electron chi connectivity index (χ2n) is 6.63. The van der Waals surface area contributed by atoms with Gasteiger partial charge in [-0.15, -0.1) is 10.2 Å². The Bertz CT molecular complexity index is 764. The van der Waals surface area contributed by atoms with Crippen molar-refractivity contribution in [2.24, 2.45) is 11.8 Å². The topological polar surface area (TPSA) is 75.2 Å². The van der Waals surface area contributed by atoms with Crippen molar-refractivity contribution >= 4 is 45.7 Å². The molecule has 2 heterocycles. The molecule has 0 saturated carbocycles. The Morgan fingerprint density at radius 3 is 2.85 bits per heavy atom. The average molecular weight is 391 g/mol. The summed E-state index contributed by atoms with van der Waals surface area (Å²) in [7, 11) is 0. The van der Waals surface area contributed by atoms with Gasteiger partial charge >= 0.3 is 0 Å². The molecule has 1 aromatic carbocycles. The number of hydrogen-bond acceptors (Lipinski definition) is 6. The zero-order valence-corrected chi connectivity index (χ0v) is 16.5. The molecular weight excluding hydrogens is 368 g/mol. The van der Waals surface area contributed by atoms with Crippen molar-refractivity contribution in [3.05, 3.63) is 30.3 Å². The number of anilines is 2. The third kappa shape index (κ3) is 4.82. The standard InChI is InChI=1S/C18H22N4O2S2/c1-12(2)8-9-25-18-21-20-17(26-18)19-16(24)13-10-15(23)22(11-13)14-6-4-3-5-7-14/h3-7,12-13H,8-11H2,1-2H3,(H,19,20,24)/t13-/m1/s1. The highest BCUT2D eigenvalue weighted by Crippen LogP contribution is 2.29. The van der Waals surface area contributed by atoms with E-state index in [1.54, 1.807) is 16.7 Å². The third-order valence-corrected chi connectivity index (χ3v) is 6.13. The first-order chi connectivity index (χ1) is 12.5. The highest BCUT2D eigenvalue weighted by Gasteiger charge is 2.35. The van der Waals surface area contributed by atoms with Gasteiger partial charge in [-0.05, 0) is 24.5 Å². The summed E-state index contributed by atoms with van der Waals surface area (Å²) in [5, 5.41) is 11.5. The minimum absolute atomic E-state index is 0.0291. The summed E-state index contributed by atoms with van der Waals surface area (Å²) in [5.74, 6) is 1.07. The zero-order chi connectivity index (χ0) is 18.5. The molecule has 0 radical (unpaired) electrons. The van der Waals surface area contributed by atoms with E-state index in [1.807, 2.05) is 30.3 Å². The van der Waals surface area contributed by atoms with E-state index in [0.29, 0.717) is 17.6 Å². The molecule has 2 aromatic rings. The van der Waals surface area contributed by atoms with Crippen LogP contribution in [-0.2, 0) is 9.59 Å². The van der Waals surface area contributed by atoms with Crippen LogP contribution in [0, 0.1) is 11.8 Å². The molecule has 26 heavy (non-hydrogen) atoms. The van der Waals surface area contributed by atoms with Gasteiger partial charge in [0.05, 0.1) is 5.92 Å². The molecule has 0 spiro atoms. The van der Waals surface area contributed by atoms with Crippen LogP contribution < -0.4 is 10.2 Å². The average Bonchev–Trinajstić information content (AvgIpc) is 3.22. The van der Waals surface area contributed by atoms with E-state index in [0.717, 1.165) is 22.2 Å². The van der Waals surface area contributed by atoms with Crippen LogP contribution in [0.3, 0.4) is 0 Å². The number of amides is 2. The molecule has 1 aliphatic rings. The number of carbonyl (C=O) groups excluding carboxylic acids is 2. The summed E-state index contributed by atoms with van der Waals surface area (Å²) >= 11 is 3.04. The molecule has 8 heteroatoms. The van der Waals surface area contributed by atoms with Crippen molar-refractivity contribution in [2.75, 3.05) is 22.5 Å². The van der Waals surface area contributed by atoms with Gasteiger partial charge in [-0.3, -0.25) is 9.59 Å². The van der Waals surface area contributed by atoms with Crippen LogP contribution in [0.15, 0.2) is 34.7 Å². The number of rotatable bonds is 7. The van der Waals surface area contributed by atoms with Crippen molar-refractivity contribution < 1.29 is 9.59 Å². The minimum atomic E-state index is -0.372. The first-order valence-corrected chi connectivity index (χ1v) is 10.5. The molecule has 6 nitrogen and oxygen atoms in total. The first kappa shape index (κ1) is 18.8. The number of para-hydroxylation sites is 1. The molecule has 3 rings (SSSR count). The summed E-state index contributed by atoms with van der Waals surface area (Å²) in [6, 6.07) is 9.43. The number of thioether (sulfide) groups is 1. The summed E-state index contributed by atoms with van der Waals surface area (Å²) < 4.78 is 0.856. The summed E-state index contributed by atoms with van der Waals surface area (Å²) in [6.07, 6.45) is 1.33. The maximum atomic E-state index is 12.5. The van der Waals surface area contributed by atoms with E-state index in [4.69, 9.17) is 0 Å². The largest absolute Gasteiger partial charge is 0.312 e. The number of aromatic nitrogens is 2. The van der Waals surface area contributed by atoms with Crippen LogP contribution in [0.4, 0.5) is 10.8 Å². The molecule has 1 saturated heterocycles. The molecular formula is C18H22N4O2S2. The number of carbonyl (C=O) groups is 2. The number of benzene rings is 1. The summed E-state index contributed by atoms with van der Waals surface area (Å²) in [4.78, 5) is 26.4. The Kier molecular flexibility index (Phi) is 6.26. The van der Waals surface area contributed by atoms with Crippen molar-refractivity contribution in [1.29, 1.82) is 0 Å². The van der Waals surface area contributed by atoms with Gasteiger partial charge in [0, 0.05) is 24.4 Å². The molecule has 1 N–H and O–H groups in total. The molecule has 1 aliphatic heterocycles. The smallest absolute Gasteiger partial charge is 0.231 e. The van der Waals surface area contributed by atoms with Gasteiger partial charge in [-0.25, -0.2) is 0 Å². The second-order valence-corrected chi connectivity index (χ2v) is 8.95. The maximum Gasteiger partial charge on any atom is 0.231 e. The van der Waals surface area contributed by atoms with Crippen LogP contribution in [0.2, 0.25) is 0 Å². The second kappa shape index (κ2) is 8.64. The van der Waals surface area contributed by atoms with Gasteiger partial charge in [0.2, 0.25) is 16.9 Å². The molecule has 0 aliphatic carbocycles. The molecule has 0 unspecified atom stereocenters. The highest BCUT2D eigenvalue weighted by molar-refractivity contribution is 8.01. The Morgan fingerprint density at radius 2 is 2.12 bits per heavy atom. The lowest BCUT2D eigenvalue weighted by molar-refractivity contribution is -0.122. The van der Waals surface area contributed by atoms with Crippen molar-refractivity contribution in [3.63, 3.8) is 0 Å². The van der Waals surface area contributed by atoms with E-state index < -0.39 is 0 Å². The molecule has 1 atom stereocenters. The SMILES string of the molecule is CC(C)CCSc1nnc(NC(=O)[C@@H]2CC(=O)N(c3ccccc3)C2)s1. The lowest BCUT2D eigenvalue weighted by atomic mass is 10.1. The number of nitrogens with zero attached hydrogens (tertiary/aromatic N) is 3. The quantitative estimate of drug-likeness (QED) is 0.577. The van der Waals surface area contributed by atoms with E-state index >= 15 is 0 Å². The molecule has 138 valence electrons. The fourth-order valence-corrected chi connectivity index (χ4v) is 4.71. The van der Waals surface area contributed by atoms with E-state index in [9.17, 15) is 9.59 Å². The van der Waals surface area contributed by atoms with Crippen molar-refractivity contribution in [2.45, 2.75) is 31.0 Å². The number of hydrogen-bond donors (Lipinski definition) is 1. The van der Waals surface area contributed by atoms with Crippen LogP contribution in [-0.4, -0.2) is 34.3 Å². The van der Waals surface area contributed by atoms with Gasteiger partial charge in [0.1, 0.15) is 0 Å². The van der Waals surface area contributed by atoms with Crippen LogP contribution in [0.1, 0.15) is 26.7 Å². The Labute approximate surface area is 161 Å². The van der Waals surface area contributed by atoms with Gasteiger partial charge < -0.3 is 10.2 Å². The van der Waals surface area contributed by atoms with Crippen LogP contribution >= 0.6 is 23.1 Å². The summed E-state index contributed by atoms with van der Waals surface area (Å²) in [5.41, 5.74) is 0.826. The van der Waals surface area contributed by atoms with Crippen molar-refractivity contribution in [3.8, 4) is 0 Å². The van der Waals surface area contributed by atoms with E-state index in [1.165, 1.54) is 11.3 Å². The van der Waals surface area contributed by atoms with Crippen LogP contribution in [0.25, 0.3) is 0 Å².